The first-order chi connectivity index (χ1) is 10.7. The molecule has 5 nitrogen and oxygen atoms in total. The van der Waals surface area contributed by atoms with Crippen molar-refractivity contribution in [3.8, 4) is 5.75 Å². The van der Waals surface area contributed by atoms with E-state index in [9.17, 15) is 4.79 Å². The number of hydrogen-bond donors (Lipinski definition) is 2. The molecule has 22 heavy (non-hydrogen) atoms. The molecule has 0 spiro atoms. The average molecular weight is 318 g/mol. The van der Waals surface area contributed by atoms with Crippen LogP contribution in [0.5, 0.6) is 5.75 Å². The fourth-order valence-corrected chi connectivity index (χ4v) is 2.66. The van der Waals surface area contributed by atoms with Crippen molar-refractivity contribution >= 4 is 17.6 Å². The summed E-state index contributed by atoms with van der Waals surface area (Å²) in [5.41, 5.74) is 1.72. The van der Waals surface area contributed by atoms with E-state index in [2.05, 4.69) is 15.6 Å². The Balaban J connectivity index is 1.62. The number of halogens is 1. The molecule has 1 aliphatic rings. The summed E-state index contributed by atoms with van der Waals surface area (Å²) in [6.45, 7) is 0.917. The number of nitrogens with one attached hydrogen (secondary N) is 2. The molecule has 0 fully saturated rings. The number of carbonyl (C=O) groups is 1. The number of rotatable bonds is 3. The number of pyridine rings is 1. The third kappa shape index (κ3) is 3.31. The molecule has 1 aromatic heterocycles. The van der Waals surface area contributed by atoms with E-state index >= 15 is 0 Å². The van der Waals surface area contributed by atoms with Crippen molar-refractivity contribution in [3.05, 3.63) is 58.9 Å². The Hall–Kier alpha value is -2.27. The number of fused-ring (bicyclic) bond motifs is 1. The highest BCUT2D eigenvalue weighted by atomic mass is 35.5. The first-order valence-electron chi connectivity index (χ1n) is 7.09. The molecular formula is C16H16ClN3O2. The summed E-state index contributed by atoms with van der Waals surface area (Å²) in [5.74, 6) is 0.658. The van der Waals surface area contributed by atoms with E-state index in [0.29, 0.717) is 30.3 Å². The van der Waals surface area contributed by atoms with Crippen molar-refractivity contribution in [2.45, 2.75) is 19.0 Å². The van der Waals surface area contributed by atoms with Crippen LogP contribution in [-0.2, 0) is 6.54 Å². The molecule has 1 aliphatic heterocycles. The third-order valence-electron chi connectivity index (χ3n) is 3.49. The van der Waals surface area contributed by atoms with Gasteiger partial charge in [-0.15, -0.1) is 0 Å². The predicted molar refractivity (Wildman–Crippen MR) is 83.9 cm³/mol. The zero-order valence-corrected chi connectivity index (χ0v) is 12.6. The number of aromatic nitrogens is 1. The molecule has 114 valence electrons. The molecule has 2 heterocycles. The lowest BCUT2D eigenvalue weighted by Crippen LogP contribution is -2.39. The van der Waals surface area contributed by atoms with Gasteiger partial charge in [0.15, 0.2) is 0 Å². The molecule has 6 heteroatoms. The molecule has 0 aliphatic carbocycles. The fourth-order valence-electron chi connectivity index (χ4n) is 2.42. The zero-order chi connectivity index (χ0) is 15.4. The van der Waals surface area contributed by atoms with Crippen molar-refractivity contribution in [2.75, 3.05) is 6.61 Å². The minimum Gasteiger partial charge on any atom is -0.492 e. The molecule has 2 amide bonds. The van der Waals surface area contributed by atoms with E-state index in [1.165, 1.54) is 0 Å². The summed E-state index contributed by atoms with van der Waals surface area (Å²) in [6, 6.07) is 10.8. The van der Waals surface area contributed by atoms with Gasteiger partial charge in [-0.2, -0.15) is 0 Å². The monoisotopic (exact) mass is 317 g/mol. The van der Waals surface area contributed by atoms with Crippen molar-refractivity contribution in [2.24, 2.45) is 0 Å². The van der Waals surface area contributed by atoms with Gasteiger partial charge in [0.25, 0.3) is 0 Å². The fraction of sp³-hybridized carbons (Fsp3) is 0.250. The van der Waals surface area contributed by atoms with E-state index < -0.39 is 0 Å². The highest BCUT2D eigenvalue weighted by molar-refractivity contribution is 6.32. The minimum absolute atomic E-state index is 0.105. The van der Waals surface area contributed by atoms with Gasteiger partial charge >= 0.3 is 6.03 Å². The van der Waals surface area contributed by atoms with Crippen molar-refractivity contribution < 1.29 is 9.53 Å². The van der Waals surface area contributed by atoms with E-state index in [0.717, 1.165) is 11.3 Å². The SMILES string of the molecule is O=C(NCc1ccccn1)N[C@H]1CCOc2c(Cl)cccc21. The molecule has 2 N–H and O–H groups in total. The Labute approximate surface area is 133 Å². The number of nitrogens with zero attached hydrogens (tertiary/aromatic N) is 1. The Morgan fingerprint density at radius 3 is 3.05 bits per heavy atom. The number of carbonyl (C=O) groups excluding carboxylic acids is 1. The molecule has 2 aromatic rings. The summed E-state index contributed by atoms with van der Waals surface area (Å²) in [4.78, 5) is 16.2. The summed E-state index contributed by atoms with van der Waals surface area (Å²) in [6.07, 6.45) is 2.41. The second-order valence-corrected chi connectivity index (χ2v) is 5.40. The van der Waals surface area contributed by atoms with Gasteiger partial charge in [0.05, 0.1) is 29.9 Å². The Bertz CT molecular complexity index is 664. The topological polar surface area (TPSA) is 63.2 Å². The van der Waals surface area contributed by atoms with Crippen LogP contribution in [0.3, 0.4) is 0 Å². The zero-order valence-electron chi connectivity index (χ0n) is 11.9. The van der Waals surface area contributed by atoms with Crippen LogP contribution in [0.2, 0.25) is 5.02 Å². The van der Waals surface area contributed by atoms with Gasteiger partial charge in [-0.3, -0.25) is 4.98 Å². The molecule has 0 saturated carbocycles. The lowest BCUT2D eigenvalue weighted by Gasteiger charge is -2.27. The second kappa shape index (κ2) is 6.66. The number of amides is 2. The largest absolute Gasteiger partial charge is 0.492 e. The maximum atomic E-state index is 12.1. The number of urea groups is 1. The summed E-state index contributed by atoms with van der Waals surface area (Å²) in [7, 11) is 0. The second-order valence-electron chi connectivity index (χ2n) is 5.00. The van der Waals surface area contributed by atoms with Gasteiger partial charge in [-0.1, -0.05) is 29.8 Å². The summed E-state index contributed by atoms with van der Waals surface area (Å²) in [5, 5.41) is 6.33. The van der Waals surface area contributed by atoms with Crippen LogP contribution < -0.4 is 15.4 Å². The van der Waals surface area contributed by atoms with Crippen LogP contribution in [0, 0.1) is 0 Å². The van der Waals surface area contributed by atoms with Gasteiger partial charge in [-0.05, 0) is 18.2 Å². The number of para-hydroxylation sites is 1. The molecule has 0 saturated heterocycles. The Kier molecular flexibility index (Phi) is 4.44. The number of hydrogen-bond acceptors (Lipinski definition) is 3. The third-order valence-corrected chi connectivity index (χ3v) is 3.78. The van der Waals surface area contributed by atoms with Gasteiger partial charge in [0.1, 0.15) is 5.75 Å². The quantitative estimate of drug-likeness (QED) is 0.914. The average Bonchev–Trinajstić information content (AvgIpc) is 2.55. The van der Waals surface area contributed by atoms with Crippen LogP contribution in [0.1, 0.15) is 23.7 Å². The predicted octanol–water partition coefficient (Wildman–Crippen LogP) is 3.06. The van der Waals surface area contributed by atoms with Gasteiger partial charge < -0.3 is 15.4 Å². The Morgan fingerprint density at radius 1 is 1.32 bits per heavy atom. The highest BCUT2D eigenvalue weighted by Crippen LogP contribution is 2.37. The molecule has 1 aromatic carbocycles. The van der Waals surface area contributed by atoms with Gasteiger partial charge in [0, 0.05) is 18.2 Å². The lowest BCUT2D eigenvalue weighted by atomic mass is 10.0. The first kappa shape index (κ1) is 14.7. The smallest absolute Gasteiger partial charge is 0.315 e. The molecule has 0 radical (unpaired) electrons. The standard InChI is InChI=1S/C16H16ClN3O2/c17-13-6-3-5-12-14(7-9-22-15(12)13)20-16(21)19-10-11-4-1-2-8-18-11/h1-6,8,14H,7,9-10H2,(H2,19,20,21)/t14-/m0/s1. The highest BCUT2D eigenvalue weighted by Gasteiger charge is 2.24. The van der Waals surface area contributed by atoms with Gasteiger partial charge in [-0.25, -0.2) is 4.79 Å². The van der Waals surface area contributed by atoms with Crippen LogP contribution in [0.4, 0.5) is 4.79 Å². The van der Waals surface area contributed by atoms with Crippen LogP contribution in [0.25, 0.3) is 0 Å². The molecular weight excluding hydrogens is 302 g/mol. The maximum absolute atomic E-state index is 12.1. The summed E-state index contributed by atoms with van der Waals surface area (Å²) < 4.78 is 5.58. The molecule has 0 bridgehead atoms. The molecule has 3 rings (SSSR count). The van der Waals surface area contributed by atoms with E-state index in [-0.39, 0.29) is 12.1 Å². The lowest BCUT2D eigenvalue weighted by molar-refractivity contribution is 0.223. The molecule has 0 unspecified atom stereocenters. The van der Waals surface area contributed by atoms with Gasteiger partial charge in [0.2, 0.25) is 0 Å². The number of benzene rings is 1. The maximum Gasteiger partial charge on any atom is 0.315 e. The number of ether oxygens (including phenoxy) is 1. The van der Waals surface area contributed by atoms with E-state index in [4.69, 9.17) is 16.3 Å². The van der Waals surface area contributed by atoms with Crippen LogP contribution in [-0.4, -0.2) is 17.6 Å². The van der Waals surface area contributed by atoms with E-state index in [1.807, 2.05) is 30.3 Å². The van der Waals surface area contributed by atoms with Crippen molar-refractivity contribution in [1.29, 1.82) is 0 Å². The molecule has 1 atom stereocenters. The first-order valence-corrected chi connectivity index (χ1v) is 7.47. The van der Waals surface area contributed by atoms with Crippen LogP contribution >= 0.6 is 11.6 Å². The van der Waals surface area contributed by atoms with Crippen molar-refractivity contribution in [1.82, 2.24) is 15.6 Å². The Morgan fingerprint density at radius 2 is 2.23 bits per heavy atom. The van der Waals surface area contributed by atoms with E-state index in [1.54, 1.807) is 12.3 Å². The van der Waals surface area contributed by atoms with Crippen LogP contribution in [0.15, 0.2) is 42.6 Å². The minimum atomic E-state index is -0.233. The summed E-state index contributed by atoms with van der Waals surface area (Å²) >= 11 is 6.12. The normalized spacial score (nSPS) is 16.3. The van der Waals surface area contributed by atoms with Crippen molar-refractivity contribution in [3.63, 3.8) is 0 Å².